The first-order valence-electron chi connectivity index (χ1n) is 9.54. The number of nitrogens with one attached hydrogen (secondary N) is 1. The molecule has 1 N–H and O–H groups in total. The van der Waals surface area contributed by atoms with Crippen molar-refractivity contribution in [1.82, 2.24) is 5.32 Å². The Morgan fingerprint density at radius 3 is 1.72 bits per heavy atom. The van der Waals surface area contributed by atoms with Crippen molar-refractivity contribution < 1.29 is 13.2 Å². The third-order valence-corrected chi connectivity index (χ3v) is 6.11. The highest BCUT2D eigenvalue weighted by Crippen LogP contribution is 2.28. The van der Waals surface area contributed by atoms with Crippen LogP contribution >= 0.6 is 0 Å². The summed E-state index contributed by atoms with van der Waals surface area (Å²) < 4.78 is 23.2. The van der Waals surface area contributed by atoms with Crippen molar-refractivity contribution in [3.63, 3.8) is 0 Å². The zero-order chi connectivity index (χ0) is 20.9. The topological polar surface area (TPSA) is 63.2 Å². The summed E-state index contributed by atoms with van der Waals surface area (Å²) in [6, 6.07) is 26.4. The van der Waals surface area contributed by atoms with E-state index in [0.717, 1.165) is 16.7 Å². The second-order valence-electron chi connectivity index (χ2n) is 7.21. The third-order valence-electron chi connectivity index (χ3n) is 4.98. The molecule has 3 aromatic carbocycles. The van der Waals surface area contributed by atoms with Gasteiger partial charge in [0.1, 0.15) is 0 Å². The molecule has 1 amide bonds. The minimum atomic E-state index is -3.23. The zero-order valence-corrected chi connectivity index (χ0v) is 17.4. The number of carbonyl (C=O) groups is 1. The van der Waals surface area contributed by atoms with E-state index in [2.05, 4.69) is 5.32 Å². The van der Waals surface area contributed by atoms with Crippen LogP contribution in [0.2, 0.25) is 0 Å². The molecule has 0 unspecified atom stereocenters. The molecule has 0 saturated heterocycles. The first kappa shape index (κ1) is 20.8. The molecule has 0 bridgehead atoms. The summed E-state index contributed by atoms with van der Waals surface area (Å²) in [5.74, 6) is -0.0837. The van der Waals surface area contributed by atoms with Gasteiger partial charge in [0.15, 0.2) is 9.84 Å². The summed E-state index contributed by atoms with van der Waals surface area (Å²) in [6.07, 6.45) is 1.51. The van der Waals surface area contributed by atoms with Crippen LogP contribution in [-0.2, 0) is 14.6 Å². The van der Waals surface area contributed by atoms with Crippen molar-refractivity contribution in [1.29, 1.82) is 0 Å². The Labute approximate surface area is 172 Å². The molecule has 29 heavy (non-hydrogen) atoms. The van der Waals surface area contributed by atoms with E-state index in [1.807, 2.05) is 67.6 Å². The van der Waals surface area contributed by atoms with E-state index in [1.165, 1.54) is 6.26 Å². The second kappa shape index (κ2) is 9.05. The molecule has 0 aliphatic carbocycles. The van der Waals surface area contributed by atoms with Crippen molar-refractivity contribution >= 4 is 15.7 Å². The Bertz CT molecular complexity index is 1010. The Balaban J connectivity index is 1.73. The lowest BCUT2D eigenvalue weighted by molar-refractivity contribution is -0.121. The number of carbonyl (C=O) groups excluding carboxylic acids is 1. The van der Waals surface area contributed by atoms with Crippen LogP contribution in [0.15, 0.2) is 89.8 Å². The van der Waals surface area contributed by atoms with Crippen molar-refractivity contribution in [2.24, 2.45) is 0 Å². The van der Waals surface area contributed by atoms with Gasteiger partial charge >= 0.3 is 0 Å². The van der Waals surface area contributed by atoms with Crippen LogP contribution in [0.1, 0.15) is 42.0 Å². The van der Waals surface area contributed by atoms with Crippen LogP contribution < -0.4 is 5.32 Å². The first-order chi connectivity index (χ1) is 13.8. The van der Waals surface area contributed by atoms with Crippen LogP contribution in [0, 0.1) is 0 Å². The number of amides is 1. The average Bonchev–Trinajstić information content (AvgIpc) is 2.73. The van der Waals surface area contributed by atoms with Crippen LogP contribution in [0.4, 0.5) is 0 Å². The molecule has 0 radical (unpaired) electrons. The van der Waals surface area contributed by atoms with Crippen LogP contribution in [0.3, 0.4) is 0 Å². The number of benzene rings is 3. The lowest BCUT2D eigenvalue weighted by Gasteiger charge is -2.20. The van der Waals surface area contributed by atoms with Crippen LogP contribution in [-0.4, -0.2) is 20.6 Å². The van der Waals surface area contributed by atoms with Gasteiger partial charge in [-0.3, -0.25) is 4.79 Å². The maximum absolute atomic E-state index is 12.8. The fourth-order valence-corrected chi connectivity index (χ4v) is 4.00. The van der Waals surface area contributed by atoms with E-state index in [-0.39, 0.29) is 22.8 Å². The molecule has 0 saturated carbocycles. The third kappa shape index (κ3) is 5.55. The summed E-state index contributed by atoms with van der Waals surface area (Å²) >= 11 is 0. The number of rotatable bonds is 7. The van der Waals surface area contributed by atoms with Crippen molar-refractivity contribution in [2.75, 3.05) is 6.26 Å². The van der Waals surface area contributed by atoms with Gasteiger partial charge in [-0.2, -0.15) is 0 Å². The van der Waals surface area contributed by atoms with Gasteiger partial charge < -0.3 is 5.32 Å². The van der Waals surface area contributed by atoms with Gasteiger partial charge in [-0.1, -0.05) is 72.8 Å². The van der Waals surface area contributed by atoms with Gasteiger partial charge in [0, 0.05) is 18.6 Å². The molecule has 4 nitrogen and oxygen atoms in total. The van der Waals surface area contributed by atoms with Gasteiger partial charge in [0.05, 0.1) is 10.9 Å². The minimum absolute atomic E-state index is 0.0304. The number of hydrogen-bond donors (Lipinski definition) is 1. The Morgan fingerprint density at radius 1 is 0.793 bits per heavy atom. The first-order valence-corrected chi connectivity index (χ1v) is 11.4. The molecule has 3 aromatic rings. The van der Waals surface area contributed by atoms with Gasteiger partial charge in [-0.15, -0.1) is 0 Å². The van der Waals surface area contributed by atoms with E-state index in [0.29, 0.717) is 6.42 Å². The summed E-state index contributed by atoms with van der Waals surface area (Å²) in [5.41, 5.74) is 3.06. The van der Waals surface area contributed by atoms with E-state index in [9.17, 15) is 13.2 Å². The maximum Gasteiger partial charge on any atom is 0.221 e. The molecule has 1 atom stereocenters. The van der Waals surface area contributed by atoms with Crippen molar-refractivity contribution in [2.45, 2.75) is 30.2 Å². The van der Waals surface area contributed by atoms with Crippen molar-refractivity contribution in [3.8, 4) is 0 Å². The van der Waals surface area contributed by atoms with E-state index in [4.69, 9.17) is 0 Å². The highest BCUT2D eigenvalue weighted by atomic mass is 32.2. The predicted octanol–water partition coefficient (Wildman–Crippen LogP) is 4.49. The average molecular weight is 408 g/mol. The number of hydrogen-bond acceptors (Lipinski definition) is 3. The van der Waals surface area contributed by atoms with Gasteiger partial charge in [0.25, 0.3) is 0 Å². The van der Waals surface area contributed by atoms with Crippen molar-refractivity contribution in [3.05, 3.63) is 102 Å². The molecule has 0 spiro atoms. The van der Waals surface area contributed by atoms with E-state index in [1.54, 1.807) is 24.3 Å². The molecule has 0 fully saturated rings. The Hall–Kier alpha value is -2.92. The highest BCUT2D eigenvalue weighted by Gasteiger charge is 2.19. The quantitative estimate of drug-likeness (QED) is 0.628. The van der Waals surface area contributed by atoms with Gasteiger partial charge in [0.2, 0.25) is 5.91 Å². The fraction of sp³-hybridized carbons (Fsp3) is 0.208. The lowest BCUT2D eigenvalue weighted by atomic mass is 9.88. The van der Waals surface area contributed by atoms with E-state index < -0.39 is 9.84 Å². The minimum Gasteiger partial charge on any atom is -0.350 e. The SMILES string of the molecule is C[C@@H](NC(=O)CC(c1ccccc1)c1ccccc1)c1ccc(S(C)(=O)=O)cc1. The second-order valence-corrected chi connectivity index (χ2v) is 9.22. The summed E-state index contributed by atoms with van der Waals surface area (Å²) in [4.78, 5) is 13.1. The zero-order valence-electron chi connectivity index (χ0n) is 16.6. The molecule has 150 valence electrons. The standard InChI is InChI=1S/C24H25NO3S/c1-18(19-13-15-22(16-14-19)29(2,27)28)25-24(26)17-23(20-9-5-3-6-10-20)21-11-7-4-8-12-21/h3-16,18,23H,17H2,1-2H3,(H,25,26)/t18-/m1/s1. The summed E-state index contributed by atoms with van der Waals surface area (Å²) in [7, 11) is -3.23. The molecule has 0 aliphatic heterocycles. The summed E-state index contributed by atoms with van der Waals surface area (Å²) in [5, 5.41) is 3.04. The molecular weight excluding hydrogens is 382 g/mol. The number of sulfone groups is 1. The molecule has 0 heterocycles. The molecule has 5 heteroatoms. The molecule has 0 aliphatic rings. The van der Waals surface area contributed by atoms with Crippen LogP contribution in [0.5, 0.6) is 0 Å². The fourth-order valence-electron chi connectivity index (χ4n) is 3.37. The molecule has 3 rings (SSSR count). The summed E-state index contributed by atoms with van der Waals surface area (Å²) in [6.45, 7) is 1.90. The Morgan fingerprint density at radius 2 is 1.28 bits per heavy atom. The lowest BCUT2D eigenvalue weighted by Crippen LogP contribution is -2.28. The van der Waals surface area contributed by atoms with Gasteiger partial charge in [-0.05, 0) is 35.7 Å². The van der Waals surface area contributed by atoms with Gasteiger partial charge in [-0.25, -0.2) is 8.42 Å². The maximum atomic E-state index is 12.8. The molecular formula is C24H25NO3S. The van der Waals surface area contributed by atoms with E-state index >= 15 is 0 Å². The van der Waals surface area contributed by atoms with Crippen LogP contribution in [0.25, 0.3) is 0 Å². The normalized spacial score (nSPS) is 12.5. The molecule has 0 aromatic heterocycles. The monoisotopic (exact) mass is 407 g/mol. The predicted molar refractivity (Wildman–Crippen MR) is 115 cm³/mol. The Kier molecular flexibility index (Phi) is 6.49. The largest absolute Gasteiger partial charge is 0.350 e. The smallest absolute Gasteiger partial charge is 0.221 e. The highest BCUT2D eigenvalue weighted by molar-refractivity contribution is 7.90.